The second-order valence-electron chi connectivity index (χ2n) is 3.74. The fourth-order valence-electron chi connectivity index (χ4n) is 1.68. The van der Waals surface area contributed by atoms with Gasteiger partial charge in [0.15, 0.2) is 0 Å². The van der Waals surface area contributed by atoms with Crippen molar-refractivity contribution in [2.24, 2.45) is 0 Å². The van der Waals surface area contributed by atoms with E-state index in [0.717, 1.165) is 17.1 Å². The van der Waals surface area contributed by atoms with Crippen molar-refractivity contribution in [3.63, 3.8) is 0 Å². The lowest BCUT2D eigenvalue weighted by molar-refractivity contribution is 0.340. The van der Waals surface area contributed by atoms with Gasteiger partial charge in [-0.3, -0.25) is 0 Å². The van der Waals surface area contributed by atoms with Crippen molar-refractivity contribution in [3.8, 4) is 5.75 Å². The number of hydrogen-bond acceptors (Lipinski definition) is 2. The fraction of sp³-hybridized carbons (Fsp3) is 0.200. The molecule has 1 radical (unpaired) electrons. The molecule has 0 heterocycles. The zero-order valence-electron chi connectivity index (χ0n) is 10.2. The molecule has 2 nitrogen and oxygen atoms in total. The van der Waals surface area contributed by atoms with E-state index in [2.05, 4.69) is 23.1 Å². The molecule has 0 fully saturated rings. The van der Waals surface area contributed by atoms with Crippen LogP contribution in [-0.4, -0.2) is 13.7 Å². The topological polar surface area (TPSA) is 12.5 Å². The Kier molecular flexibility index (Phi) is 3.66. The molecule has 0 saturated heterocycles. The fourth-order valence-corrected chi connectivity index (χ4v) is 1.68. The van der Waals surface area contributed by atoms with Gasteiger partial charge in [0.1, 0.15) is 5.75 Å². The van der Waals surface area contributed by atoms with Gasteiger partial charge in [-0.15, -0.1) is 0 Å². The van der Waals surface area contributed by atoms with Gasteiger partial charge >= 0.3 is 0 Å². The molecule has 0 saturated carbocycles. The molecule has 0 N–H and O–H groups in total. The van der Waals surface area contributed by atoms with Gasteiger partial charge in [0, 0.05) is 18.4 Å². The van der Waals surface area contributed by atoms with E-state index in [-0.39, 0.29) is 0 Å². The van der Waals surface area contributed by atoms with Crippen LogP contribution in [0.4, 0.5) is 11.4 Å². The van der Waals surface area contributed by atoms with E-state index in [1.54, 1.807) is 0 Å². The summed E-state index contributed by atoms with van der Waals surface area (Å²) in [6, 6.07) is 19.0. The van der Waals surface area contributed by atoms with Gasteiger partial charge in [-0.05, 0) is 49.4 Å². The van der Waals surface area contributed by atoms with Crippen molar-refractivity contribution in [1.29, 1.82) is 0 Å². The maximum absolute atomic E-state index is 5.42. The van der Waals surface area contributed by atoms with Gasteiger partial charge in [0.25, 0.3) is 0 Å². The van der Waals surface area contributed by atoms with Crippen LogP contribution >= 0.6 is 0 Å². The Labute approximate surface area is 102 Å². The summed E-state index contributed by atoms with van der Waals surface area (Å²) in [7, 11) is 2.05. The minimum Gasteiger partial charge on any atom is -0.494 e. The van der Waals surface area contributed by atoms with Crippen molar-refractivity contribution in [3.05, 3.63) is 54.6 Å². The molecule has 2 aromatic rings. The second-order valence-corrected chi connectivity index (χ2v) is 3.74. The normalized spacial score (nSPS) is 10.0. The molecular weight excluding hydrogens is 210 g/mol. The van der Waals surface area contributed by atoms with Crippen molar-refractivity contribution in [2.45, 2.75) is 6.92 Å². The van der Waals surface area contributed by atoms with Gasteiger partial charge in [-0.1, -0.05) is 12.1 Å². The Hall–Kier alpha value is -1.96. The van der Waals surface area contributed by atoms with E-state index in [0.29, 0.717) is 6.61 Å². The maximum atomic E-state index is 5.42. The molecule has 0 aliphatic rings. The highest BCUT2D eigenvalue weighted by molar-refractivity contribution is 5.62. The lowest BCUT2D eigenvalue weighted by Gasteiger charge is -2.19. The van der Waals surface area contributed by atoms with Crippen LogP contribution in [0.25, 0.3) is 0 Å². The Bertz CT molecular complexity index is 450. The smallest absolute Gasteiger partial charge is 0.119 e. The molecule has 0 aliphatic carbocycles. The van der Waals surface area contributed by atoms with E-state index in [1.807, 2.05) is 50.4 Å². The highest BCUT2D eigenvalue weighted by Crippen LogP contribution is 2.24. The summed E-state index contributed by atoms with van der Waals surface area (Å²) in [5, 5.41) is 0. The average Bonchev–Trinajstić information content (AvgIpc) is 2.40. The summed E-state index contributed by atoms with van der Waals surface area (Å²) < 4.78 is 5.42. The highest BCUT2D eigenvalue weighted by Gasteiger charge is 2.02. The minimum atomic E-state index is 0.698. The van der Waals surface area contributed by atoms with Crippen molar-refractivity contribution < 1.29 is 4.74 Å². The zero-order chi connectivity index (χ0) is 12.1. The molecule has 0 unspecified atom stereocenters. The van der Waals surface area contributed by atoms with E-state index in [1.165, 1.54) is 0 Å². The Morgan fingerprint density at radius 2 is 1.59 bits per heavy atom. The zero-order valence-corrected chi connectivity index (χ0v) is 10.2. The molecule has 87 valence electrons. The van der Waals surface area contributed by atoms with Crippen LogP contribution in [0.5, 0.6) is 5.75 Å². The molecule has 2 aromatic carbocycles. The van der Waals surface area contributed by atoms with Crippen LogP contribution < -0.4 is 9.64 Å². The van der Waals surface area contributed by atoms with E-state index < -0.39 is 0 Å². The second kappa shape index (κ2) is 5.39. The van der Waals surface area contributed by atoms with Crippen LogP contribution in [-0.2, 0) is 0 Å². The SMILES string of the molecule is CCOc1ccc(N(C)c2cc[c]cc2)cc1. The summed E-state index contributed by atoms with van der Waals surface area (Å²) in [5.74, 6) is 0.908. The van der Waals surface area contributed by atoms with Gasteiger partial charge in [0.05, 0.1) is 6.61 Å². The number of hydrogen-bond donors (Lipinski definition) is 0. The van der Waals surface area contributed by atoms with Gasteiger partial charge in [-0.2, -0.15) is 0 Å². The summed E-state index contributed by atoms with van der Waals surface area (Å²) in [6.07, 6.45) is 0. The molecule has 2 heteroatoms. The predicted octanol–water partition coefficient (Wildman–Crippen LogP) is 3.65. The van der Waals surface area contributed by atoms with Crippen LogP contribution in [0.2, 0.25) is 0 Å². The van der Waals surface area contributed by atoms with Crippen LogP contribution in [0.1, 0.15) is 6.92 Å². The van der Waals surface area contributed by atoms with Gasteiger partial charge in [-0.25, -0.2) is 0 Å². The monoisotopic (exact) mass is 226 g/mol. The van der Waals surface area contributed by atoms with Crippen molar-refractivity contribution in [2.75, 3.05) is 18.6 Å². The lowest BCUT2D eigenvalue weighted by Crippen LogP contribution is -2.08. The highest BCUT2D eigenvalue weighted by atomic mass is 16.5. The van der Waals surface area contributed by atoms with E-state index >= 15 is 0 Å². The minimum absolute atomic E-state index is 0.698. The van der Waals surface area contributed by atoms with E-state index in [4.69, 9.17) is 4.74 Å². The van der Waals surface area contributed by atoms with Gasteiger partial charge < -0.3 is 9.64 Å². The number of ether oxygens (including phenoxy) is 1. The molecule has 17 heavy (non-hydrogen) atoms. The van der Waals surface area contributed by atoms with Crippen molar-refractivity contribution >= 4 is 11.4 Å². The quantitative estimate of drug-likeness (QED) is 0.789. The molecule has 0 aromatic heterocycles. The molecule has 0 aliphatic heterocycles. The Morgan fingerprint density at radius 1 is 1.00 bits per heavy atom. The number of anilines is 2. The number of rotatable bonds is 4. The number of nitrogens with zero attached hydrogens (tertiary/aromatic N) is 1. The standard InChI is InChI=1S/C15H16NO/c1-3-17-15-11-9-14(10-12-15)16(2)13-7-5-4-6-8-13/h5-12H,3H2,1-2H3. The predicted molar refractivity (Wildman–Crippen MR) is 71.0 cm³/mol. The summed E-state index contributed by atoms with van der Waals surface area (Å²) in [5.41, 5.74) is 2.28. The molecule has 0 bridgehead atoms. The third-order valence-corrected chi connectivity index (χ3v) is 2.62. The molecule has 0 amide bonds. The number of benzene rings is 2. The third kappa shape index (κ3) is 2.78. The summed E-state index contributed by atoms with van der Waals surface area (Å²) in [6.45, 7) is 2.68. The molecule has 2 rings (SSSR count). The van der Waals surface area contributed by atoms with Crippen LogP contribution in [0.15, 0.2) is 48.5 Å². The molecule has 0 spiro atoms. The first-order valence-corrected chi connectivity index (χ1v) is 5.74. The summed E-state index contributed by atoms with van der Waals surface area (Å²) >= 11 is 0. The first-order valence-electron chi connectivity index (χ1n) is 5.74. The van der Waals surface area contributed by atoms with Gasteiger partial charge in [0.2, 0.25) is 0 Å². The lowest BCUT2D eigenvalue weighted by atomic mass is 10.2. The maximum Gasteiger partial charge on any atom is 0.119 e. The molecule has 0 atom stereocenters. The summed E-state index contributed by atoms with van der Waals surface area (Å²) in [4.78, 5) is 2.13. The Morgan fingerprint density at radius 3 is 2.18 bits per heavy atom. The average molecular weight is 226 g/mol. The molecular formula is C15H16NO. The first kappa shape index (κ1) is 11.5. The Balaban J connectivity index is 2.17. The third-order valence-electron chi connectivity index (χ3n) is 2.62. The largest absolute Gasteiger partial charge is 0.494 e. The van der Waals surface area contributed by atoms with Crippen LogP contribution in [0, 0.1) is 6.07 Å². The van der Waals surface area contributed by atoms with Crippen LogP contribution in [0.3, 0.4) is 0 Å². The van der Waals surface area contributed by atoms with Crippen molar-refractivity contribution in [1.82, 2.24) is 0 Å². The first-order chi connectivity index (χ1) is 8.31. The van der Waals surface area contributed by atoms with E-state index in [9.17, 15) is 0 Å².